The molecule has 3 rings (SSSR count). The molecule has 1 saturated heterocycles. The van der Waals surface area contributed by atoms with Crippen molar-refractivity contribution in [3.63, 3.8) is 0 Å². The standard InChI is InChI=1S/C24H30N2O4/c1-24(2,3)30-23(29)25-20-11-9-19(10-12-20)22(28)26-15-13-18(14-16-26)21(27)17-7-5-4-6-8-17/h4-12,18,21,27H,13-16H2,1-3H3,(H,25,29). The molecule has 2 aromatic carbocycles. The summed E-state index contributed by atoms with van der Waals surface area (Å²) in [5, 5.41) is 13.3. The largest absolute Gasteiger partial charge is 0.444 e. The lowest BCUT2D eigenvalue weighted by atomic mass is 9.87. The molecular formula is C24H30N2O4. The molecule has 2 amide bonds. The minimum atomic E-state index is -0.569. The molecule has 0 spiro atoms. The third kappa shape index (κ3) is 5.83. The van der Waals surface area contributed by atoms with Crippen LogP contribution in [-0.4, -0.2) is 40.7 Å². The molecule has 0 aromatic heterocycles. The van der Waals surface area contributed by atoms with E-state index in [2.05, 4.69) is 5.32 Å². The van der Waals surface area contributed by atoms with Gasteiger partial charge in [-0.2, -0.15) is 0 Å². The average Bonchev–Trinajstić information content (AvgIpc) is 2.72. The molecule has 6 heteroatoms. The maximum Gasteiger partial charge on any atom is 0.412 e. The minimum Gasteiger partial charge on any atom is -0.444 e. The Kier molecular flexibility index (Phi) is 6.77. The van der Waals surface area contributed by atoms with Crippen LogP contribution in [0.1, 0.15) is 55.6 Å². The van der Waals surface area contributed by atoms with Crippen molar-refractivity contribution in [3.8, 4) is 0 Å². The Morgan fingerprint density at radius 2 is 1.63 bits per heavy atom. The van der Waals surface area contributed by atoms with Gasteiger partial charge in [-0.25, -0.2) is 4.79 Å². The maximum atomic E-state index is 12.8. The normalized spacial score (nSPS) is 16.1. The van der Waals surface area contributed by atoms with Crippen molar-refractivity contribution in [2.24, 2.45) is 5.92 Å². The van der Waals surface area contributed by atoms with E-state index in [9.17, 15) is 14.7 Å². The van der Waals surface area contributed by atoms with Crippen LogP contribution in [0.2, 0.25) is 0 Å². The van der Waals surface area contributed by atoms with Crippen molar-refractivity contribution < 1.29 is 19.4 Å². The van der Waals surface area contributed by atoms with Crippen LogP contribution >= 0.6 is 0 Å². The van der Waals surface area contributed by atoms with E-state index in [4.69, 9.17) is 4.74 Å². The number of piperidine rings is 1. The highest BCUT2D eigenvalue weighted by atomic mass is 16.6. The van der Waals surface area contributed by atoms with E-state index in [1.165, 1.54) is 0 Å². The fourth-order valence-electron chi connectivity index (χ4n) is 3.64. The first kappa shape index (κ1) is 21.8. The lowest BCUT2D eigenvalue weighted by Crippen LogP contribution is -2.39. The fourth-order valence-corrected chi connectivity index (χ4v) is 3.64. The molecule has 6 nitrogen and oxygen atoms in total. The summed E-state index contributed by atoms with van der Waals surface area (Å²) in [6.07, 6.45) is 0.502. The summed E-state index contributed by atoms with van der Waals surface area (Å²) >= 11 is 0. The van der Waals surface area contributed by atoms with Crippen molar-refractivity contribution >= 4 is 17.7 Å². The Bertz CT molecular complexity index is 851. The summed E-state index contributed by atoms with van der Waals surface area (Å²) < 4.78 is 5.23. The number of nitrogens with one attached hydrogen (secondary N) is 1. The van der Waals surface area contributed by atoms with Gasteiger partial charge in [0.05, 0.1) is 6.10 Å². The predicted molar refractivity (Wildman–Crippen MR) is 116 cm³/mol. The number of carbonyl (C=O) groups excluding carboxylic acids is 2. The average molecular weight is 411 g/mol. The van der Waals surface area contributed by atoms with Gasteiger partial charge in [0.25, 0.3) is 5.91 Å². The van der Waals surface area contributed by atoms with Gasteiger partial charge in [-0.05, 0) is 69.4 Å². The molecule has 2 N–H and O–H groups in total. The number of likely N-dealkylation sites (tertiary alicyclic amines) is 1. The van der Waals surface area contributed by atoms with Crippen LogP contribution in [0.15, 0.2) is 54.6 Å². The van der Waals surface area contributed by atoms with Crippen molar-refractivity contribution in [1.29, 1.82) is 0 Å². The highest BCUT2D eigenvalue weighted by molar-refractivity contribution is 5.95. The molecule has 0 saturated carbocycles. The Morgan fingerprint density at radius 3 is 2.20 bits per heavy atom. The highest BCUT2D eigenvalue weighted by Crippen LogP contribution is 2.31. The lowest BCUT2D eigenvalue weighted by Gasteiger charge is -2.34. The van der Waals surface area contributed by atoms with Crippen molar-refractivity contribution in [3.05, 3.63) is 65.7 Å². The van der Waals surface area contributed by atoms with Gasteiger partial charge in [0, 0.05) is 24.3 Å². The number of amides is 2. The van der Waals surface area contributed by atoms with Crippen molar-refractivity contribution in [1.82, 2.24) is 4.90 Å². The number of benzene rings is 2. The summed E-state index contributed by atoms with van der Waals surface area (Å²) in [5.41, 5.74) is 1.51. The summed E-state index contributed by atoms with van der Waals surface area (Å²) in [6, 6.07) is 16.5. The molecule has 1 aliphatic heterocycles. The van der Waals surface area contributed by atoms with E-state index in [1.807, 2.05) is 35.2 Å². The zero-order chi connectivity index (χ0) is 21.7. The van der Waals surface area contributed by atoms with Gasteiger partial charge < -0.3 is 14.7 Å². The SMILES string of the molecule is CC(C)(C)OC(=O)Nc1ccc(C(=O)N2CCC(C(O)c3ccccc3)CC2)cc1. The Hall–Kier alpha value is -2.86. The van der Waals surface area contributed by atoms with Crippen molar-refractivity contribution in [2.45, 2.75) is 45.3 Å². The topological polar surface area (TPSA) is 78.9 Å². The van der Waals surface area contributed by atoms with Crippen molar-refractivity contribution in [2.75, 3.05) is 18.4 Å². The molecule has 0 aliphatic carbocycles. The van der Waals surface area contributed by atoms with Gasteiger partial charge in [-0.1, -0.05) is 30.3 Å². The molecule has 1 aliphatic rings. The van der Waals surface area contributed by atoms with Crippen LogP contribution in [0.4, 0.5) is 10.5 Å². The number of aliphatic hydroxyl groups excluding tert-OH is 1. The number of anilines is 1. The molecule has 30 heavy (non-hydrogen) atoms. The van der Waals surface area contributed by atoms with Crippen LogP contribution in [0.3, 0.4) is 0 Å². The first-order valence-electron chi connectivity index (χ1n) is 10.4. The molecule has 1 fully saturated rings. The number of ether oxygens (including phenoxy) is 1. The number of hydrogen-bond acceptors (Lipinski definition) is 4. The van der Waals surface area contributed by atoms with Crippen LogP contribution in [-0.2, 0) is 4.74 Å². The lowest BCUT2D eigenvalue weighted by molar-refractivity contribution is 0.0462. The first-order valence-corrected chi connectivity index (χ1v) is 10.4. The van der Waals surface area contributed by atoms with Gasteiger partial charge in [-0.3, -0.25) is 10.1 Å². The Balaban J connectivity index is 1.53. The second kappa shape index (κ2) is 9.30. The van der Waals surface area contributed by atoms with E-state index in [0.29, 0.717) is 24.3 Å². The molecular weight excluding hydrogens is 380 g/mol. The smallest absolute Gasteiger partial charge is 0.412 e. The van der Waals surface area contributed by atoms with E-state index >= 15 is 0 Å². The van der Waals surface area contributed by atoms with Gasteiger partial charge in [0.1, 0.15) is 5.60 Å². The third-order valence-corrected chi connectivity index (χ3v) is 5.19. The van der Waals surface area contributed by atoms with Gasteiger partial charge in [0.2, 0.25) is 0 Å². The number of nitrogens with zero attached hydrogens (tertiary/aromatic N) is 1. The van der Waals surface area contributed by atoms with E-state index < -0.39 is 17.8 Å². The van der Waals surface area contributed by atoms with Crippen LogP contribution in [0.5, 0.6) is 0 Å². The quantitative estimate of drug-likeness (QED) is 0.771. The third-order valence-electron chi connectivity index (χ3n) is 5.19. The first-order chi connectivity index (χ1) is 14.2. The second-order valence-electron chi connectivity index (χ2n) is 8.69. The zero-order valence-electron chi connectivity index (χ0n) is 17.8. The summed E-state index contributed by atoms with van der Waals surface area (Å²) in [6.45, 7) is 6.64. The number of rotatable bonds is 4. The van der Waals surface area contributed by atoms with E-state index in [1.54, 1.807) is 45.0 Å². The van der Waals surface area contributed by atoms with Gasteiger partial charge in [0.15, 0.2) is 0 Å². The fraction of sp³-hybridized carbons (Fsp3) is 0.417. The van der Waals surface area contributed by atoms with E-state index in [0.717, 1.165) is 18.4 Å². The van der Waals surface area contributed by atoms with Gasteiger partial charge in [-0.15, -0.1) is 0 Å². The van der Waals surface area contributed by atoms with Crippen LogP contribution < -0.4 is 5.32 Å². The summed E-state index contributed by atoms with van der Waals surface area (Å²) in [4.78, 5) is 26.5. The number of aliphatic hydroxyl groups is 1. The van der Waals surface area contributed by atoms with Gasteiger partial charge >= 0.3 is 6.09 Å². The minimum absolute atomic E-state index is 0.0357. The second-order valence-corrected chi connectivity index (χ2v) is 8.69. The molecule has 2 aromatic rings. The maximum absolute atomic E-state index is 12.8. The molecule has 0 bridgehead atoms. The molecule has 160 valence electrons. The molecule has 0 radical (unpaired) electrons. The Morgan fingerprint density at radius 1 is 1.03 bits per heavy atom. The Labute approximate surface area is 177 Å². The molecule has 1 unspecified atom stereocenters. The zero-order valence-corrected chi connectivity index (χ0v) is 17.8. The number of carbonyl (C=O) groups is 2. The van der Waals surface area contributed by atoms with E-state index in [-0.39, 0.29) is 11.8 Å². The summed E-state index contributed by atoms with van der Waals surface area (Å²) in [7, 11) is 0. The monoisotopic (exact) mass is 410 g/mol. The predicted octanol–water partition coefficient (Wildman–Crippen LogP) is 4.62. The molecule has 1 atom stereocenters. The molecule has 1 heterocycles. The summed E-state index contributed by atoms with van der Waals surface area (Å²) in [5.74, 6) is 0.114. The van der Waals surface area contributed by atoms with Crippen LogP contribution in [0.25, 0.3) is 0 Å². The highest BCUT2D eigenvalue weighted by Gasteiger charge is 2.28. The van der Waals surface area contributed by atoms with Crippen LogP contribution in [0, 0.1) is 5.92 Å². The number of hydrogen-bond donors (Lipinski definition) is 2.